The van der Waals surface area contributed by atoms with Crippen molar-refractivity contribution >= 4 is 28.9 Å². The minimum absolute atomic E-state index is 0.233. The van der Waals surface area contributed by atoms with Gasteiger partial charge in [0.1, 0.15) is 11.8 Å². The zero-order valence-corrected chi connectivity index (χ0v) is 16.6. The van der Waals surface area contributed by atoms with E-state index in [4.69, 9.17) is 9.15 Å². The predicted molar refractivity (Wildman–Crippen MR) is 110 cm³/mol. The molecule has 0 aliphatic rings. The molecule has 8 heteroatoms. The molecule has 0 fully saturated rings. The Morgan fingerprint density at radius 1 is 1.10 bits per heavy atom. The predicted octanol–water partition coefficient (Wildman–Crippen LogP) is 3.21. The number of amides is 1. The number of hydrogen-bond acceptors (Lipinski definition) is 7. The molecule has 1 aromatic heterocycles. The summed E-state index contributed by atoms with van der Waals surface area (Å²) in [5.74, 6) is -0.549. The Balaban J connectivity index is 1.95. The lowest BCUT2D eigenvalue weighted by Crippen LogP contribution is -2.38. The van der Waals surface area contributed by atoms with Crippen molar-refractivity contribution < 1.29 is 33.7 Å². The molecule has 0 unspecified atom stereocenters. The van der Waals surface area contributed by atoms with Gasteiger partial charge in [-0.25, -0.2) is 4.79 Å². The summed E-state index contributed by atoms with van der Waals surface area (Å²) < 4.78 is 15.9. The van der Waals surface area contributed by atoms with E-state index in [9.17, 15) is 19.8 Å². The Bertz CT molecular complexity index is 1130. The van der Waals surface area contributed by atoms with E-state index >= 15 is 0 Å². The molecule has 156 valence electrons. The molecule has 2 aromatic carbocycles. The van der Waals surface area contributed by atoms with Gasteiger partial charge in [-0.2, -0.15) is 0 Å². The van der Waals surface area contributed by atoms with E-state index in [2.05, 4.69) is 10.1 Å². The molecule has 3 rings (SSSR count). The number of hydrogen-bond donors (Lipinski definition) is 3. The smallest absolute Gasteiger partial charge is 0.328 e. The van der Waals surface area contributed by atoms with Gasteiger partial charge in [0.25, 0.3) is 0 Å². The summed E-state index contributed by atoms with van der Waals surface area (Å²) in [5, 5.41) is 22.5. The number of carbonyl (C=O) groups excluding carboxylic acids is 2. The van der Waals surface area contributed by atoms with Crippen LogP contribution in [0.15, 0.2) is 46.9 Å². The van der Waals surface area contributed by atoms with Gasteiger partial charge in [0.15, 0.2) is 22.8 Å². The van der Waals surface area contributed by atoms with Crippen LogP contribution >= 0.6 is 0 Å². The van der Waals surface area contributed by atoms with Crippen LogP contribution in [-0.4, -0.2) is 42.4 Å². The number of nitrogens with one attached hydrogen (secondary N) is 1. The first kappa shape index (κ1) is 20.8. The zero-order valence-electron chi connectivity index (χ0n) is 16.6. The van der Waals surface area contributed by atoms with E-state index in [-0.39, 0.29) is 11.5 Å². The summed E-state index contributed by atoms with van der Waals surface area (Å²) in [5.41, 5.74) is 1.71. The molecule has 0 saturated heterocycles. The summed E-state index contributed by atoms with van der Waals surface area (Å²) in [6, 6.07) is 8.81. The molecule has 1 heterocycles. The summed E-state index contributed by atoms with van der Waals surface area (Å²) in [4.78, 5) is 23.5. The Hall–Kier alpha value is -3.94. The average molecular weight is 411 g/mol. The third-order valence-corrected chi connectivity index (χ3v) is 4.49. The molecule has 0 aliphatic heterocycles. The molecule has 0 saturated carbocycles. The minimum Gasteiger partial charge on any atom is -0.504 e. The van der Waals surface area contributed by atoms with Crippen LogP contribution in [0.5, 0.6) is 17.2 Å². The normalized spacial score (nSPS) is 12.1. The maximum absolute atomic E-state index is 12.1. The highest BCUT2D eigenvalue weighted by Crippen LogP contribution is 2.38. The first-order chi connectivity index (χ1) is 14.3. The van der Waals surface area contributed by atoms with Crippen LogP contribution in [0.1, 0.15) is 12.5 Å². The van der Waals surface area contributed by atoms with Crippen molar-refractivity contribution in [2.24, 2.45) is 0 Å². The monoisotopic (exact) mass is 411 g/mol. The van der Waals surface area contributed by atoms with Crippen LogP contribution < -0.4 is 10.1 Å². The second-order valence-electron chi connectivity index (χ2n) is 6.50. The lowest BCUT2D eigenvalue weighted by Gasteiger charge is -2.09. The molecule has 0 aliphatic carbocycles. The number of esters is 1. The third kappa shape index (κ3) is 4.22. The topological polar surface area (TPSA) is 118 Å². The Morgan fingerprint density at radius 2 is 1.87 bits per heavy atom. The van der Waals surface area contributed by atoms with Crippen molar-refractivity contribution in [3.8, 4) is 28.6 Å². The van der Waals surface area contributed by atoms with Crippen LogP contribution in [0.25, 0.3) is 28.4 Å². The number of fused-ring (bicyclic) bond motifs is 1. The Kier molecular flexibility index (Phi) is 5.96. The molecule has 3 N–H and O–H groups in total. The van der Waals surface area contributed by atoms with Crippen LogP contribution in [0.2, 0.25) is 0 Å². The highest BCUT2D eigenvalue weighted by atomic mass is 16.5. The molecule has 1 atom stereocenters. The highest BCUT2D eigenvalue weighted by Gasteiger charge is 2.16. The maximum Gasteiger partial charge on any atom is 0.328 e. The zero-order chi connectivity index (χ0) is 21.8. The van der Waals surface area contributed by atoms with Gasteiger partial charge < -0.3 is 29.4 Å². The number of carbonyl (C=O) groups is 2. The van der Waals surface area contributed by atoms with Crippen molar-refractivity contribution in [2.75, 3.05) is 14.2 Å². The number of benzene rings is 2. The molecule has 0 radical (unpaired) electrons. The molecule has 0 bridgehead atoms. The molecule has 1 amide bonds. The van der Waals surface area contributed by atoms with Gasteiger partial charge in [0.05, 0.1) is 14.2 Å². The number of rotatable bonds is 6. The van der Waals surface area contributed by atoms with Gasteiger partial charge in [-0.3, -0.25) is 4.79 Å². The number of furan rings is 1. The van der Waals surface area contributed by atoms with Crippen molar-refractivity contribution in [1.29, 1.82) is 0 Å². The second kappa shape index (κ2) is 8.60. The van der Waals surface area contributed by atoms with Gasteiger partial charge >= 0.3 is 5.97 Å². The molecular formula is C22H21NO7. The van der Waals surface area contributed by atoms with E-state index in [1.54, 1.807) is 30.3 Å². The van der Waals surface area contributed by atoms with Crippen LogP contribution in [0.3, 0.4) is 0 Å². The standard InChI is InChI=1S/C22H21NO7/c1-12(22(27)29-3)23-20(26)9-6-13-5-8-18(28-2)21-15(13)11-19(30-21)14-4-7-16(24)17(25)10-14/h4-12,24-25H,1-3H3,(H,23,26)/b9-6+/t12-/m0/s1. The summed E-state index contributed by atoms with van der Waals surface area (Å²) in [6.45, 7) is 1.53. The van der Waals surface area contributed by atoms with Crippen molar-refractivity contribution in [1.82, 2.24) is 5.32 Å². The van der Waals surface area contributed by atoms with Gasteiger partial charge in [-0.15, -0.1) is 0 Å². The summed E-state index contributed by atoms with van der Waals surface area (Å²) in [6.07, 6.45) is 2.90. The fraction of sp³-hybridized carbons (Fsp3) is 0.182. The highest BCUT2D eigenvalue weighted by molar-refractivity contribution is 5.99. The molecule has 0 spiro atoms. The lowest BCUT2D eigenvalue weighted by molar-refractivity contribution is -0.144. The lowest BCUT2D eigenvalue weighted by atomic mass is 10.1. The fourth-order valence-corrected chi connectivity index (χ4v) is 2.91. The quantitative estimate of drug-likeness (QED) is 0.324. The van der Waals surface area contributed by atoms with Crippen LogP contribution in [0, 0.1) is 0 Å². The van der Waals surface area contributed by atoms with Gasteiger partial charge in [-0.05, 0) is 48.9 Å². The molecule has 30 heavy (non-hydrogen) atoms. The van der Waals surface area contributed by atoms with Crippen LogP contribution in [0.4, 0.5) is 0 Å². The number of phenols is 2. The van der Waals surface area contributed by atoms with E-state index in [0.29, 0.717) is 33.6 Å². The number of methoxy groups -OCH3 is 2. The fourth-order valence-electron chi connectivity index (χ4n) is 2.91. The van der Waals surface area contributed by atoms with Crippen molar-refractivity contribution in [3.63, 3.8) is 0 Å². The largest absolute Gasteiger partial charge is 0.504 e. The average Bonchev–Trinajstić information content (AvgIpc) is 3.18. The summed E-state index contributed by atoms with van der Waals surface area (Å²) >= 11 is 0. The van der Waals surface area contributed by atoms with E-state index in [0.717, 1.165) is 0 Å². The Labute approximate surface area is 172 Å². The van der Waals surface area contributed by atoms with E-state index < -0.39 is 17.9 Å². The first-order valence-electron chi connectivity index (χ1n) is 9.03. The van der Waals surface area contributed by atoms with Gasteiger partial charge in [-0.1, -0.05) is 6.07 Å². The van der Waals surface area contributed by atoms with Crippen molar-refractivity contribution in [3.05, 3.63) is 48.0 Å². The van der Waals surface area contributed by atoms with E-state index in [1.807, 2.05) is 0 Å². The first-order valence-corrected chi connectivity index (χ1v) is 9.03. The second-order valence-corrected chi connectivity index (χ2v) is 6.50. The molecular weight excluding hydrogens is 390 g/mol. The van der Waals surface area contributed by atoms with Gasteiger partial charge in [0.2, 0.25) is 5.91 Å². The maximum atomic E-state index is 12.1. The minimum atomic E-state index is -0.772. The molecule has 3 aromatic rings. The SMILES string of the molecule is COC(=O)[C@H](C)NC(=O)/C=C/c1ccc(OC)c2oc(-c3ccc(O)c(O)c3)cc12. The van der Waals surface area contributed by atoms with Crippen molar-refractivity contribution in [2.45, 2.75) is 13.0 Å². The number of ether oxygens (including phenoxy) is 2. The number of phenolic OH excluding ortho intramolecular Hbond substituents is 2. The summed E-state index contributed by atoms with van der Waals surface area (Å²) in [7, 11) is 2.76. The Morgan fingerprint density at radius 3 is 2.53 bits per heavy atom. The van der Waals surface area contributed by atoms with Gasteiger partial charge in [0, 0.05) is 17.0 Å². The van der Waals surface area contributed by atoms with E-state index in [1.165, 1.54) is 39.4 Å². The molecule has 8 nitrogen and oxygen atoms in total. The van der Waals surface area contributed by atoms with Crippen LogP contribution in [-0.2, 0) is 14.3 Å². The number of aromatic hydroxyl groups is 2. The third-order valence-electron chi connectivity index (χ3n) is 4.49.